The number of aliphatic hydroxyl groups is 11. The van der Waals surface area contributed by atoms with Crippen molar-refractivity contribution in [2.45, 2.75) is 407 Å². The predicted octanol–water partition coefficient (Wildman–Crippen LogP) is 12.7. The zero-order valence-electron chi connectivity index (χ0n) is 61.0. The zero-order valence-corrected chi connectivity index (χ0v) is 61.0. The molecule has 3 aliphatic rings. The number of carbonyl (C=O) groups excluding carboxylic acids is 1. The molecule has 19 nitrogen and oxygen atoms in total. The molecule has 572 valence electrons. The Morgan fingerprint density at radius 2 is 0.704 bits per heavy atom. The second-order valence-electron chi connectivity index (χ2n) is 28.2. The van der Waals surface area contributed by atoms with E-state index in [4.69, 9.17) is 28.4 Å². The highest BCUT2D eigenvalue weighted by Gasteiger charge is 2.54. The lowest BCUT2D eigenvalue weighted by Crippen LogP contribution is -2.66. The van der Waals surface area contributed by atoms with Crippen molar-refractivity contribution in [3.63, 3.8) is 0 Å². The Kier molecular flexibility index (Phi) is 54.8. The van der Waals surface area contributed by atoms with Crippen LogP contribution in [-0.4, -0.2) is 193 Å². The number of rotatable bonds is 62. The van der Waals surface area contributed by atoms with Crippen molar-refractivity contribution in [2.24, 2.45) is 0 Å². The standard InChI is InChI=1S/C79H143NO18/c1-3-5-7-9-11-13-15-17-19-21-23-25-27-28-29-30-31-32-33-34-35-37-39-41-43-45-47-49-51-53-55-57-67(85)80-62(63(84)56-54-52-50-48-46-44-42-40-38-36-26-24-22-20-18-16-14-12-10-8-6-4-2)61-93-77-73(91)70(88)75(65(59-82)95-77)98-79-74(92)71(89)76(66(60-83)96-79)97-78-72(90)69(87)68(86)64(58-81)94-78/h5,7,11,13,17,19,23,25,28-29,62-66,68-79,81-84,86-92H,3-4,6,8-10,12,14-16,18,20-22,24,26-27,30-61H2,1-2H3,(H,80,85)/b7-5-,13-11-,19-17-,25-23-,29-28-. The number of unbranched alkanes of at least 4 members (excludes halogenated alkanes) is 36. The van der Waals surface area contributed by atoms with E-state index in [1.54, 1.807) is 0 Å². The van der Waals surface area contributed by atoms with Crippen LogP contribution in [0.2, 0.25) is 0 Å². The minimum atomic E-state index is -1.97. The summed E-state index contributed by atoms with van der Waals surface area (Å²) in [5.74, 6) is -0.241. The number of nitrogens with one attached hydrogen (secondary N) is 1. The Morgan fingerprint density at radius 1 is 0.378 bits per heavy atom. The number of hydrogen-bond donors (Lipinski definition) is 12. The first kappa shape index (κ1) is 89.7. The molecule has 19 heteroatoms. The molecule has 0 aliphatic carbocycles. The van der Waals surface area contributed by atoms with Gasteiger partial charge in [-0.25, -0.2) is 0 Å². The third kappa shape index (κ3) is 39.9. The number of allylic oxidation sites excluding steroid dienone is 10. The highest BCUT2D eigenvalue weighted by atomic mass is 16.8. The first-order valence-corrected chi connectivity index (χ1v) is 39.5. The fraction of sp³-hybridized carbons (Fsp3) is 0.861. The maximum absolute atomic E-state index is 13.5. The van der Waals surface area contributed by atoms with Crippen molar-refractivity contribution in [3.05, 3.63) is 60.8 Å². The van der Waals surface area contributed by atoms with E-state index in [0.717, 1.165) is 77.0 Å². The Labute approximate surface area is 592 Å². The first-order valence-electron chi connectivity index (χ1n) is 39.5. The van der Waals surface area contributed by atoms with Gasteiger partial charge in [0, 0.05) is 6.42 Å². The molecule has 3 fully saturated rings. The monoisotopic (exact) mass is 1390 g/mol. The molecule has 0 radical (unpaired) electrons. The molecule has 0 aromatic carbocycles. The van der Waals surface area contributed by atoms with E-state index < -0.39 is 124 Å². The van der Waals surface area contributed by atoms with E-state index in [9.17, 15) is 61.0 Å². The molecule has 0 aromatic heterocycles. The van der Waals surface area contributed by atoms with Gasteiger partial charge >= 0.3 is 0 Å². The summed E-state index contributed by atoms with van der Waals surface area (Å²) in [5.41, 5.74) is 0. The lowest BCUT2D eigenvalue weighted by Gasteiger charge is -2.48. The van der Waals surface area contributed by atoms with Crippen molar-refractivity contribution < 1.29 is 89.4 Å². The maximum Gasteiger partial charge on any atom is 0.220 e. The van der Waals surface area contributed by atoms with Crippen LogP contribution in [0.3, 0.4) is 0 Å². The second-order valence-corrected chi connectivity index (χ2v) is 28.2. The fourth-order valence-electron chi connectivity index (χ4n) is 13.3. The second kappa shape index (κ2) is 59.8. The average Bonchev–Trinajstić information content (AvgIpc) is 0.785. The van der Waals surface area contributed by atoms with Crippen LogP contribution in [0.25, 0.3) is 0 Å². The summed E-state index contributed by atoms with van der Waals surface area (Å²) in [4.78, 5) is 13.5. The van der Waals surface area contributed by atoms with Crippen LogP contribution in [0.1, 0.15) is 303 Å². The van der Waals surface area contributed by atoms with Crippen LogP contribution < -0.4 is 5.32 Å². The molecule has 3 saturated heterocycles. The Hall–Kier alpha value is -2.51. The highest BCUT2D eigenvalue weighted by Crippen LogP contribution is 2.33. The summed E-state index contributed by atoms with van der Waals surface area (Å²) in [7, 11) is 0. The molecule has 0 bridgehead atoms. The van der Waals surface area contributed by atoms with Gasteiger partial charge in [0.25, 0.3) is 0 Å². The molecule has 0 saturated carbocycles. The van der Waals surface area contributed by atoms with Gasteiger partial charge < -0.3 is 89.9 Å². The third-order valence-electron chi connectivity index (χ3n) is 19.6. The van der Waals surface area contributed by atoms with Crippen LogP contribution in [0.4, 0.5) is 0 Å². The predicted molar refractivity (Wildman–Crippen MR) is 388 cm³/mol. The van der Waals surface area contributed by atoms with Gasteiger partial charge in [0.05, 0.1) is 38.6 Å². The van der Waals surface area contributed by atoms with Gasteiger partial charge in [-0.1, -0.05) is 299 Å². The van der Waals surface area contributed by atoms with Gasteiger partial charge in [-0.2, -0.15) is 0 Å². The number of aliphatic hydroxyl groups excluding tert-OH is 11. The minimum Gasteiger partial charge on any atom is -0.394 e. The molecule has 3 rings (SSSR count). The SMILES string of the molecule is CC/C=C\C/C=C\C/C=C\C/C=C\C/C=C\CCCCCCCCCCCCCCCCCC(=O)NC(COC1OC(CO)C(OC2OC(CO)C(OC3OC(CO)C(O)C(O)C3O)C(O)C2O)C(O)C1O)C(O)CCCCCCCCCCCCCCCCCCCCCCCC. The highest BCUT2D eigenvalue weighted by molar-refractivity contribution is 5.76. The van der Waals surface area contributed by atoms with E-state index in [2.05, 4.69) is 79.9 Å². The van der Waals surface area contributed by atoms with Crippen LogP contribution >= 0.6 is 0 Å². The maximum atomic E-state index is 13.5. The largest absolute Gasteiger partial charge is 0.394 e. The van der Waals surface area contributed by atoms with Crippen molar-refractivity contribution in [1.29, 1.82) is 0 Å². The van der Waals surface area contributed by atoms with Crippen LogP contribution in [-0.2, 0) is 33.2 Å². The summed E-state index contributed by atoms with van der Waals surface area (Å²) in [6.07, 6.45) is 48.7. The molecular weight excluding hydrogens is 1250 g/mol. The smallest absolute Gasteiger partial charge is 0.220 e. The number of hydrogen-bond acceptors (Lipinski definition) is 18. The molecule has 0 aromatic rings. The molecule has 3 aliphatic heterocycles. The van der Waals surface area contributed by atoms with E-state index in [0.29, 0.717) is 12.8 Å². The van der Waals surface area contributed by atoms with E-state index >= 15 is 0 Å². The van der Waals surface area contributed by atoms with Crippen LogP contribution in [0.15, 0.2) is 60.8 Å². The van der Waals surface area contributed by atoms with Crippen molar-refractivity contribution >= 4 is 5.91 Å². The van der Waals surface area contributed by atoms with Crippen LogP contribution in [0, 0.1) is 0 Å². The molecule has 98 heavy (non-hydrogen) atoms. The van der Waals surface area contributed by atoms with Crippen LogP contribution in [0.5, 0.6) is 0 Å². The topological polar surface area (TPSA) is 307 Å². The summed E-state index contributed by atoms with van der Waals surface area (Å²) in [5, 5.41) is 121. The summed E-state index contributed by atoms with van der Waals surface area (Å²) >= 11 is 0. The average molecular weight is 1400 g/mol. The van der Waals surface area contributed by atoms with Gasteiger partial charge in [0.1, 0.15) is 73.2 Å². The van der Waals surface area contributed by atoms with Crippen molar-refractivity contribution in [1.82, 2.24) is 5.32 Å². The van der Waals surface area contributed by atoms with E-state index in [-0.39, 0.29) is 18.9 Å². The van der Waals surface area contributed by atoms with Gasteiger partial charge in [0.15, 0.2) is 18.9 Å². The minimum absolute atomic E-state index is 0.241. The fourth-order valence-corrected chi connectivity index (χ4v) is 13.3. The molecule has 17 unspecified atom stereocenters. The molecule has 3 heterocycles. The number of ether oxygens (including phenoxy) is 6. The Bertz CT molecular complexity index is 2010. The number of amides is 1. The van der Waals surface area contributed by atoms with E-state index in [1.807, 2.05) is 0 Å². The van der Waals surface area contributed by atoms with Crippen molar-refractivity contribution in [2.75, 3.05) is 26.4 Å². The molecule has 1 amide bonds. The zero-order chi connectivity index (χ0) is 71.1. The molecule has 17 atom stereocenters. The van der Waals surface area contributed by atoms with Gasteiger partial charge in [-0.05, 0) is 57.8 Å². The first-order chi connectivity index (χ1) is 47.8. The third-order valence-corrected chi connectivity index (χ3v) is 19.6. The Balaban J connectivity index is 1.37. The summed E-state index contributed by atoms with van der Waals surface area (Å²) in [6, 6.07) is -0.890. The van der Waals surface area contributed by atoms with Gasteiger partial charge in [-0.3, -0.25) is 4.79 Å². The van der Waals surface area contributed by atoms with E-state index in [1.165, 1.54) is 193 Å². The lowest BCUT2D eigenvalue weighted by atomic mass is 9.96. The summed E-state index contributed by atoms with van der Waals surface area (Å²) in [6.45, 7) is 1.72. The van der Waals surface area contributed by atoms with Gasteiger partial charge in [0.2, 0.25) is 5.91 Å². The molecular formula is C79H143NO18. The quantitative estimate of drug-likeness (QED) is 0.0199. The lowest BCUT2D eigenvalue weighted by molar-refractivity contribution is -0.379. The molecule has 0 spiro atoms. The summed E-state index contributed by atoms with van der Waals surface area (Å²) < 4.78 is 34.5. The molecule has 12 N–H and O–H groups in total. The van der Waals surface area contributed by atoms with Crippen molar-refractivity contribution in [3.8, 4) is 0 Å². The number of carbonyl (C=O) groups is 1. The Morgan fingerprint density at radius 3 is 1.10 bits per heavy atom. The van der Waals surface area contributed by atoms with Gasteiger partial charge in [-0.15, -0.1) is 0 Å². The normalized spacial score (nSPS) is 27.1.